The molecule has 0 bridgehead atoms. The molecule has 0 aromatic heterocycles. The molecule has 0 heterocycles. The van der Waals surface area contributed by atoms with E-state index >= 15 is 0 Å². The lowest BCUT2D eigenvalue weighted by Gasteiger charge is -2.56. The van der Waals surface area contributed by atoms with Crippen molar-refractivity contribution < 1.29 is 10.2 Å². The van der Waals surface area contributed by atoms with Crippen molar-refractivity contribution in [1.82, 2.24) is 0 Å². The zero-order chi connectivity index (χ0) is 14.8. The number of hydrogen-bond acceptors (Lipinski definition) is 2. The molecule has 0 amide bonds. The minimum Gasteiger partial charge on any atom is -0.393 e. The van der Waals surface area contributed by atoms with Crippen molar-refractivity contribution in [3.8, 4) is 0 Å². The van der Waals surface area contributed by atoms with Gasteiger partial charge in [-0.1, -0.05) is 37.6 Å². The molecule has 0 aliphatic heterocycles. The normalized spacial score (nSPS) is 55.4. The van der Waals surface area contributed by atoms with E-state index in [4.69, 9.17) is 0 Å². The summed E-state index contributed by atoms with van der Waals surface area (Å²) in [5, 5.41) is 20.3. The summed E-state index contributed by atoms with van der Waals surface area (Å²) in [6, 6.07) is 0. The number of fused-ring (bicyclic) bond motifs is 5. The van der Waals surface area contributed by atoms with Gasteiger partial charge in [0.25, 0.3) is 0 Å². The Kier molecular flexibility index (Phi) is 2.97. The standard InChI is InChI=1S/C19H28O2/c1-18-9-7-13(20)11-12(18)3-4-14-15-5-6-17(21)19(15,2)10-8-16(14)18/h7,9,11,13-17,20-21H,3-6,8,10H2,1-2H3/t13-,14-,15-,16-,17-,18-,19-/m0/s1. The summed E-state index contributed by atoms with van der Waals surface area (Å²) >= 11 is 0. The summed E-state index contributed by atoms with van der Waals surface area (Å²) in [5.41, 5.74) is 1.77. The second-order valence-corrected chi connectivity index (χ2v) is 8.38. The van der Waals surface area contributed by atoms with E-state index in [0.29, 0.717) is 11.8 Å². The van der Waals surface area contributed by atoms with Gasteiger partial charge < -0.3 is 10.2 Å². The fraction of sp³-hybridized carbons (Fsp3) is 0.789. The van der Waals surface area contributed by atoms with Crippen molar-refractivity contribution >= 4 is 0 Å². The summed E-state index contributed by atoms with van der Waals surface area (Å²) in [4.78, 5) is 0. The topological polar surface area (TPSA) is 40.5 Å². The highest BCUT2D eigenvalue weighted by molar-refractivity contribution is 5.33. The third-order valence-electron chi connectivity index (χ3n) is 7.61. The first-order valence-corrected chi connectivity index (χ1v) is 8.72. The van der Waals surface area contributed by atoms with Crippen LogP contribution in [0.5, 0.6) is 0 Å². The Hall–Kier alpha value is -0.600. The average molecular weight is 288 g/mol. The predicted octanol–water partition coefficient (Wildman–Crippen LogP) is 3.45. The van der Waals surface area contributed by atoms with E-state index in [0.717, 1.165) is 18.8 Å². The van der Waals surface area contributed by atoms with Crippen LogP contribution < -0.4 is 0 Å². The van der Waals surface area contributed by atoms with Crippen molar-refractivity contribution in [2.45, 2.75) is 64.6 Å². The van der Waals surface area contributed by atoms with Crippen LogP contribution in [0.2, 0.25) is 0 Å². The van der Waals surface area contributed by atoms with Gasteiger partial charge in [-0.3, -0.25) is 0 Å². The number of aliphatic hydroxyl groups is 2. The fourth-order valence-electron chi connectivity index (χ4n) is 6.29. The molecule has 2 N–H and O–H groups in total. The Balaban J connectivity index is 1.69. The van der Waals surface area contributed by atoms with E-state index in [1.807, 2.05) is 6.08 Å². The quantitative estimate of drug-likeness (QED) is 0.670. The van der Waals surface area contributed by atoms with Crippen LogP contribution in [0.3, 0.4) is 0 Å². The van der Waals surface area contributed by atoms with Crippen LogP contribution in [0.1, 0.15) is 52.4 Å². The van der Waals surface area contributed by atoms with E-state index in [1.54, 1.807) is 0 Å². The third-order valence-corrected chi connectivity index (χ3v) is 7.61. The number of rotatable bonds is 0. The van der Waals surface area contributed by atoms with Crippen LogP contribution in [-0.2, 0) is 0 Å². The number of allylic oxidation sites excluding steroid dienone is 2. The predicted molar refractivity (Wildman–Crippen MR) is 83.6 cm³/mol. The first-order chi connectivity index (χ1) is 9.95. The Morgan fingerprint density at radius 2 is 1.86 bits per heavy atom. The summed E-state index contributed by atoms with van der Waals surface area (Å²) < 4.78 is 0. The summed E-state index contributed by atoms with van der Waals surface area (Å²) in [6.07, 6.45) is 12.9. The van der Waals surface area contributed by atoms with E-state index in [2.05, 4.69) is 26.0 Å². The van der Waals surface area contributed by atoms with E-state index in [-0.39, 0.29) is 23.0 Å². The van der Waals surface area contributed by atoms with Crippen molar-refractivity contribution in [3.63, 3.8) is 0 Å². The SMILES string of the molecule is C[C@]12CC[C@H]3[C@@H](CCC4=C[C@@H](O)C=C[C@@]43C)[C@@H]1CC[C@@H]2O. The first-order valence-electron chi connectivity index (χ1n) is 8.72. The molecule has 116 valence electrons. The second kappa shape index (κ2) is 4.45. The molecule has 0 aromatic carbocycles. The van der Waals surface area contributed by atoms with Gasteiger partial charge >= 0.3 is 0 Å². The third kappa shape index (κ3) is 1.78. The minimum absolute atomic E-state index is 0.0862. The molecule has 2 heteroatoms. The molecule has 4 aliphatic carbocycles. The molecule has 0 saturated heterocycles. The molecule has 0 spiro atoms. The Bertz CT molecular complexity index is 508. The van der Waals surface area contributed by atoms with Crippen LogP contribution >= 0.6 is 0 Å². The Morgan fingerprint density at radius 3 is 2.67 bits per heavy atom. The van der Waals surface area contributed by atoms with Crippen LogP contribution in [0.15, 0.2) is 23.8 Å². The van der Waals surface area contributed by atoms with Gasteiger partial charge in [-0.2, -0.15) is 0 Å². The monoisotopic (exact) mass is 288 g/mol. The van der Waals surface area contributed by atoms with Gasteiger partial charge in [0, 0.05) is 5.41 Å². The van der Waals surface area contributed by atoms with Gasteiger partial charge in [-0.05, 0) is 61.7 Å². The lowest BCUT2D eigenvalue weighted by Crippen LogP contribution is -2.50. The van der Waals surface area contributed by atoms with E-state index in [9.17, 15) is 10.2 Å². The van der Waals surface area contributed by atoms with Crippen molar-refractivity contribution in [2.24, 2.45) is 28.6 Å². The zero-order valence-corrected chi connectivity index (χ0v) is 13.3. The highest BCUT2D eigenvalue weighted by Gasteiger charge is 2.58. The minimum atomic E-state index is -0.383. The molecule has 21 heavy (non-hydrogen) atoms. The van der Waals surface area contributed by atoms with Gasteiger partial charge in [-0.25, -0.2) is 0 Å². The molecule has 7 atom stereocenters. The Labute approximate surface area is 127 Å². The maximum atomic E-state index is 10.4. The zero-order valence-electron chi connectivity index (χ0n) is 13.3. The number of hydrogen-bond donors (Lipinski definition) is 2. The Morgan fingerprint density at radius 1 is 1.05 bits per heavy atom. The molecule has 3 fully saturated rings. The van der Waals surface area contributed by atoms with Gasteiger partial charge in [0.05, 0.1) is 12.2 Å². The highest BCUT2D eigenvalue weighted by Crippen LogP contribution is 2.64. The molecular formula is C19H28O2. The van der Waals surface area contributed by atoms with Crippen molar-refractivity contribution in [3.05, 3.63) is 23.8 Å². The smallest absolute Gasteiger partial charge is 0.0905 e. The molecule has 3 saturated carbocycles. The molecule has 4 rings (SSSR count). The van der Waals surface area contributed by atoms with Gasteiger partial charge in [0.15, 0.2) is 0 Å². The van der Waals surface area contributed by atoms with Crippen LogP contribution in [0, 0.1) is 28.6 Å². The summed E-state index contributed by atoms with van der Waals surface area (Å²) in [7, 11) is 0. The maximum absolute atomic E-state index is 10.4. The van der Waals surface area contributed by atoms with Crippen molar-refractivity contribution in [1.29, 1.82) is 0 Å². The van der Waals surface area contributed by atoms with Gasteiger partial charge in [0.1, 0.15) is 0 Å². The maximum Gasteiger partial charge on any atom is 0.0905 e. The van der Waals surface area contributed by atoms with Crippen LogP contribution in [-0.4, -0.2) is 22.4 Å². The largest absolute Gasteiger partial charge is 0.393 e. The summed E-state index contributed by atoms with van der Waals surface area (Å²) in [5.74, 6) is 2.15. The second-order valence-electron chi connectivity index (χ2n) is 8.38. The van der Waals surface area contributed by atoms with E-state index in [1.165, 1.54) is 31.3 Å². The number of aliphatic hydroxyl groups excluding tert-OH is 2. The average Bonchev–Trinajstić information content (AvgIpc) is 2.76. The van der Waals surface area contributed by atoms with Crippen LogP contribution in [0.4, 0.5) is 0 Å². The summed E-state index contributed by atoms with van der Waals surface area (Å²) in [6.45, 7) is 4.71. The fourth-order valence-corrected chi connectivity index (χ4v) is 6.29. The highest BCUT2D eigenvalue weighted by atomic mass is 16.3. The molecule has 0 radical (unpaired) electrons. The van der Waals surface area contributed by atoms with Crippen molar-refractivity contribution in [2.75, 3.05) is 0 Å². The van der Waals surface area contributed by atoms with E-state index < -0.39 is 0 Å². The first kappa shape index (κ1) is 14.0. The molecule has 0 unspecified atom stereocenters. The van der Waals surface area contributed by atoms with Gasteiger partial charge in [-0.15, -0.1) is 0 Å². The van der Waals surface area contributed by atoms with Crippen LogP contribution in [0.25, 0.3) is 0 Å². The molecule has 2 nitrogen and oxygen atoms in total. The van der Waals surface area contributed by atoms with Gasteiger partial charge in [0.2, 0.25) is 0 Å². The lowest BCUT2D eigenvalue weighted by atomic mass is 9.48. The molecule has 0 aromatic rings. The lowest BCUT2D eigenvalue weighted by molar-refractivity contribution is -0.0620. The molecular weight excluding hydrogens is 260 g/mol. The molecule has 4 aliphatic rings.